The Labute approximate surface area is 172 Å². The number of quaternary nitrogens is 1. The van der Waals surface area contributed by atoms with E-state index in [0.717, 1.165) is 4.90 Å². The number of benzene rings is 1. The van der Waals surface area contributed by atoms with Crippen LogP contribution in [0.3, 0.4) is 0 Å². The van der Waals surface area contributed by atoms with Crippen LogP contribution in [0.1, 0.15) is 27.7 Å². The van der Waals surface area contributed by atoms with E-state index in [9.17, 15) is 18.0 Å². The number of sulfonamides is 1. The molecule has 162 valence electrons. The lowest BCUT2D eigenvalue weighted by molar-refractivity contribution is -0.917. The first-order valence-corrected chi connectivity index (χ1v) is 11.3. The third kappa shape index (κ3) is 6.15. The van der Waals surface area contributed by atoms with E-state index in [1.54, 1.807) is 31.2 Å². The van der Waals surface area contributed by atoms with E-state index in [1.807, 2.05) is 20.8 Å². The smallest absolute Gasteiger partial charge is 0.321 e. The average Bonchev–Trinajstić information content (AvgIpc) is 2.67. The summed E-state index contributed by atoms with van der Waals surface area (Å²) in [5.74, 6) is 0.253. The molecule has 29 heavy (non-hydrogen) atoms. The van der Waals surface area contributed by atoms with Crippen molar-refractivity contribution in [3.05, 3.63) is 24.3 Å². The number of carbonyl (C=O) groups is 2. The maximum absolute atomic E-state index is 12.9. The van der Waals surface area contributed by atoms with Crippen molar-refractivity contribution in [1.29, 1.82) is 0 Å². The van der Waals surface area contributed by atoms with Gasteiger partial charge < -0.3 is 15.0 Å². The number of hydrogen-bond donors (Lipinski definition) is 3. The molecule has 1 atom stereocenters. The maximum Gasteiger partial charge on any atom is 0.321 e. The van der Waals surface area contributed by atoms with Gasteiger partial charge in [0, 0.05) is 6.04 Å². The number of hydrogen-bond acceptors (Lipinski definition) is 5. The topological polar surface area (TPSA) is 109 Å². The fourth-order valence-electron chi connectivity index (χ4n) is 3.17. The van der Waals surface area contributed by atoms with Gasteiger partial charge in [-0.25, -0.2) is 13.2 Å². The summed E-state index contributed by atoms with van der Waals surface area (Å²) in [6.45, 7) is 9.32. The third-order valence-electron chi connectivity index (χ3n) is 4.80. The number of rotatable bonds is 7. The van der Waals surface area contributed by atoms with Gasteiger partial charge in [-0.3, -0.25) is 10.1 Å². The zero-order valence-electron chi connectivity index (χ0n) is 17.4. The second-order valence-electron chi connectivity index (χ2n) is 7.31. The Morgan fingerprint density at radius 1 is 1.14 bits per heavy atom. The quantitative estimate of drug-likeness (QED) is 0.549. The van der Waals surface area contributed by atoms with Crippen molar-refractivity contribution >= 4 is 22.0 Å². The predicted molar refractivity (Wildman–Crippen MR) is 108 cm³/mol. The summed E-state index contributed by atoms with van der Waals surface area (Å²) in [6, 6.07) is 5.34. The molecule has 0 bridgehead atoms. The first-order chi connectivity index (χ1) is 13.6. The molecule has 0 aliphatic carbocycles. The van der Waals surface area contributed by atoms with Gasteiger partial charge >= 0.3 is 6.03 Å². The molecular weight excluding hydrogens is 396 g/mol. The minimum Gasteiger partial charge on any atom is -0.494 e. The highest BCUT2D eigenvalue weighted by Gasteiger charge is 2.34. The van der Waals surface area contributed by atoms with E-state index >= 15 is 0 Å². The van der Waals surface area contributed by atoms with Gasteiger partial charge in [-0.15, -0.1) is 0 Å². The van der Waals surface area contributed by atoms with Crippen LogP contribution in [-0.4, -0.2) is 69.5 Å². The van der Waals surface area contributed by atoms with Crippen LogP contribution >= 0.6 is 0 Å². The fraction of sp³-hybridized carbons (Fsp3) is 0.579. The number of ether oxygens (including phenoxy) is 1. The molecule has 1 saturated heterocycles. The van der Waals surface area contributed by atoms with E-state index < -0.39 is 22.1 Å². The summed E-state index contributed by atoms with van der Waals surface area (Å²) >= 11 is 0. The number of amides is 3. The Hall–Kier alpha value is -2.17. The fourth-order valence-corrected chi connectivity index (χ4v) is 4.62. The van der Waals surface area contributed by atoms with E-state index in [-0.39, 0.29) is 16.8 Å². The minimum atomic E-state index is -3.60. The zero-order valence-corrected chi connectivity index (χ0v) is 18.2. The molecule has 3 N–H and O–H groups in total. The molecular formula is C19H31N4O5S+. The van der Waals surface area contributed by atoms with Crippen LogP contribution in [0.4, 0.5) is 4.79 Å². The first-order valence-electron chi connectivity index (χ1n) is 9.84. The number of carbonyl (C=O) groups excluding carboxylic acids is 2. The Morgan fingerprint density at radius 2 is 1.72 bits per heavy atom. The highest BCUT2D eigenvalue weighted by atomic mass is 32.2. The Bertz CT molecular complexity index is 802. The molecule has 3 amide bonds. The molecule has 0 spiro atoms. The molecule has 10 heteroatoms. The molecule has 1 heterocycles. The minimum absolute atomic E-state index is 0.0678. The van der Waals surface area contributed by atoms with Crippen LogP contribution in [0.15, 0.2) is 29.2 Å². The summed E-state index contributed by atoms with van der Waals surface area (Å²) in [6.07, 6.45) is 0. The summed E-state index contributed by atoms with van der Waals surface area (Å²) in [5.41, 5.74) is 0. The van der Waals surface area contributed by atoms with Gasteiger partial charge in [0.1, 0.15) is 5.75 Å². The lowest BCUT2D eigenvalue weighted by atomic mass is 10.2. The van der Waals surface area contributed by atoms with Gasteiger partial charge in [0.25, 0.3) is 5.91 Å². The second-order valence-corrected chi connectivity index (χ2v) is 9.24. The maximum atomic E-state index is 12.9. The van der Waals surface area contributed by atoms with Crippen molar-refractivity contribution in [3.63, 3.8) is 0 Å². The number of urea groups is 1. The van der Waals surface area contributed by atoms with Gasteiger partial charge in [-0.1, -0.05) is 0 Å². The van der Waals surface area contributed by atoms with Gasteiger partial charge in [-0.2, -0.15) is 4.31 Å². The summed E-state index contributed by atoms with van der Waals surface area (Å²) in [7, 11) is -3.60. The molecule has 0 unspecified atom stereocenters. The van der Waals surface area contributed by atoms with Gasteiger partial charge in [0.2, 0.25) is 10.0 Å². The molecule has 1 aliphatic rings. The Morgan fingerprint density at radius 3 is 2.24 bits per heavy atom. The predicted octanol–water partition coefficient (Wildman–Crippen LogP) is -0.403. The van der Waals surface area contributed by atoms with E-state index in [4.69, 9.17) is 4.74 Å². The van der Waals surface area contributed by atoms with Crippen LogP contribution < -0.4 is 20.3 Å². The highest BCUT2D eigenvalue weighted by molar-refractivity contribution is 7.89. The normalized spacial score (nSPS) is 17.0. The second kappa shape index (κ2) is 10.0. The lowest BCUT2D eigenvalue weighted by Gasteiger charge is -2.34. The van der Waals surface area contributed by atoms with Gasteiger partial charge in [0.05, 0.1) is 37.7 Å². The standard InChI is InChI=1S/C19H30N4O5S/c1-5-28-16-6-8-17(9-7-16)29(26,27)23-12-10-22(11-13-23)15(4)18(24)21-19(25)20-14(2)3/h6-9,14-15H,5,10-13H2,1-4H3,(H2,20,21,24,25)/p+1/t15-/m1/s1. The first kappa shape index (κ1) is 23.1. The number of imide groups is 1. The van der Waals surface area contributed by atoms with E-state index in [0.29, 0.717) is 38.5 Å². The van der Waals surface area contributed by atoms with Crippen molar-refractivity contribution in [2.24, 2.45) is 0 Å². The van der Waals surface area contributed by atoms with E-state index in [2.05, 4.69) is 10.6 Å². The van der Waals surface area contributed by atoms with Crippen molar-refractivity contribution in [3.8, 4) is 5.75 Å². The Balaban J connectivity index is 1.93. The molecule has 1 fully saturated rings. The molecule has 1 aromatic rings. The van der Waals surface area contributed by atoms with Crippen LogP contribution in [0.5, 0.6) is 5.75 Å². The molecule has 0 saturated carbocycles. The largest absolute Gasteiger partial charge is 0.494 e. The van der Waals surface area contributed by atoms with Crippen LogP contribution in [-0.2, 0) is 14.8 Å². The van der Waals surface area contributed by atoms with Crippen molar-refractivity contribution < 1.29 is 27.6 Å². The zero-order chi connectivity index (χ0) is 21.6. The van der Waals surface area contributed by atoms with Gasteiger partial charge in [0.15, 0.2) is 6.04 Å². The highest BCUT2D eigenvalue weighted by Crippen LogP contribution is 2.19. The molecule has 9 nitrogen and oxygen atoms in total. The molecule has 0 radical (unpaired) electrons. The lowest BCUT2D eigenvalue weighted by Crippen LogP contribution is -3.19. The Kier molecular flexibility index (Phi) is 8.00. The average molecular weight is 428 g/mol. The summed E-state index contributed by atoms with van der Waals surface area (Å²) in [4.78, 5) is 25.2. The monoisotopic (exact) mass is 427 g/mol. The van der Waals surface area contributed by atoms with Gasteiger partial charge in [-0.05, 0) is 52.0 Å². The third-order valence-corrected chi connectivity index (χ3v) is 6.71. The van der Waals surface area contributed by atoms with Crippen LogP contribution in [0.25, 0.3) is 0 Å². The van der Waals surface area contributed by atoms with Crippen molar-refractivity contribution in [2.45, 2.75) is 44.7 Å². The molecule has 1 aliphatic heterocycles. The number of piperazine rings is 1. The van der Waals surface area contributed by atoms with E-state index in [1.165, 1.54) is 4.31 Å². The summed E-state index contributed by atoms with van der Waals surface area (Å²) in [5, 5.41) is 4.95. The number of nitrogens with one attached hydrogen (secondary N) is 3. The molecule has 0 aromatic heterocycles. The molecule has 2 rings (SSSR count). The number of nitrogens with zero attached hydrogens (tertiary/aromatic N) is 1. The summed E-state index contributed by atoms with van der Waals surface area (Å²) < 4.78 is 32.5. The van der Waals surface area contributed by atoms with Crippen molar-refractivity contribution in [2.75, 3.05) is 32.8 Å². The van der Waals surface area contributed by atoms with Crippen LogP contribution in [0, 0.1) is 0 Å². The van der Waals surface area contributed by atoms with Crippen LogP contribution in [0.2, 0.25) is 0 Å². The molecule has 1 aromatic carbocycles. The SMILES string of the molecule is CCOc1ccc(S(=O)(=O)N2CC[NH+]([C@H](C)C(=O)NC(=O)NC(C)C)CC2)cc1. The van der Waals surface area contributed by atoms with Crippen molar-refractivity contribution in [1.82, 2.24) is 14.9 Å².